The molecule has 1 aliphatic carbocycles. The molecule has 0 radical (unpaired) electrons. The molecule has 1 aromatic rings. The van der Waals surface area contributed by atoms with Crippen LogP contribution in [0.5, 0.6) is 0 Å². The van der Waals surface area contributed by atoms with Gasteiger partial charge in [0, 0.05) is 0 Å². The lowest BCUT2D eigenvalue weighted by Gasteiger charge is -2.20. The molecule has 1 aliphatic rings. The zero-order valence-corrected chi connectivity index (χ0v) is 9.98. The first-order chi connectivity index (χ1) is 7.72. The summed E-state index contributed by atoms with van der Waals surface area (Å²) >= 11 is 0. The smallest absolute Gasteiger partial charge is 0.147 e. The van der Waals surface area contributed by atoms with Gasteiger partial charge in [-0.2, -0.15) is 10.4 Å². The van der Waals surface area contributed by atoms with E-state index in [2.05, 4.69) is 16.2 Å². The van der Waals surface area contributed by atoms with E-state index in [0.717, 1.165) is 24.5 Å². The average Bonchev–Trinajstić information content (AvgIpc) is 2.51. The molecular formula is C12H18N4. The summed E-state index contributed by atoms with van der Waals surface area (Å²) in [6, 6.07) is 2.67. The lowest BCUT2D eigenvalue weighted by molar-refractivity contribution is 0.336. The predicted molar refractivity (Wildman–Crippen MR) is 60.7 cm³/mol. The van der Waals surface area contributed by atoms with E-state index < -0.39 is 0 Å². The van der Waals surface area contributed by atoms with Crippen molar-refractivity contribution in [3.63, 3.8) is 0 Å². The Morgan fingerprint density at radius 3 is 2.62 bits per heavy atom. The van der Waals surface area contributed by atoms with Gasteiger partial charge in [0.25, 0.3) is 0 Å². The molecule has 2 unspecified atom stereocenters. The third kappa shape index (κ3) is 2.08. The predicted octanol–water partition coefficient (Wildman–Crippen LogP) is 2.54. The van der Waals surface area contributed by atoms with E-state index in [-0.39, 0.29) is 12.0 Å². The Hall–Kier alpha value is -1.37. The Kier molecular flexibility index (Phi) is 3.23. The highest BCUT2D eigenvalue weighted by molar-refractivity contribution is 4.97. The molecule has 16 heavy (non-hydrogen) atoms. The molecular weight excluding hydrogens is 200 g/mol. The van der Waals surface area contributed by atoms with Crippen LogP contribution >= 0.6 is 0 Å². The lowest BCUT2D eigenvalue weighted by atomic mass is 9.96. The van der Waals surface area contributed by atoms with Gasteiger partial charge in [-0.1, -0.05) is 19.3 Å². The molecule has 2 rings (SSSR count). The second-order valence-electron chi connectivity index (χ2n) is 4.59. The fourth-order valence-corrected chi connectivity index (χ4v) is 2.58. The molecule has 0 N–H and O–H groups in total. The highest BCUT2D eigenvalue weighted by Gasteiger charge is 2.27. The SMILES string of the molecule is Cc1nc(C)n(C2CCCCCC2C#N)n1. The first kappa shape index (κ1) is 11.1. The number of hydrogen-bond acceptors (Lipinski definition) is 3. The van der Waals surface area contributed by atoms with Crippen LogP contribution < -0.4 is 0 Å². The summed E-state index contributed by atoms with van der Waals surface area (Å²) in [5, 5.41) is 13.7. The first-order valence-corrected chi connectivity index (χ1v) is 6.01. The van der Waals surface area contributed by atoms with Crippen LogP contribution in [-0.2, 0) is 0 Å². The topological polar surface area (TPSA) is 54.5 Å². The van der Waals surface area contributed by atoms with Crippen molar-refractivity contribution >= 4 is 0 Å². The Labute approximate surface area is 96.3 Å². The third-order valence-corrected chi connectivity index (χ3v) is 3.37. The van der Waals surface area contributed by atoms with Crippen LogP contribution in [0.2, 0.25) is 0 Å². The van der Waals surface area contributed by atoms with Gasteiger partial charge in [0.15, 0.2) is 0 Å². The largest absolute Gasteiger partial charge is 0.246 e. The first-order valence-electron chi connectivity index (χ1n) is 6.01. The molecule has 0 aliphatic heterocycles. The van der Waals surface area contributed by atoms with Gasteiger partial charge in [-0.3, -0.25) is 0 Å². The van der Waals surface area contributed by atoms with Crippen molar-refractivity contribution < 1.29 is 0 Å². The molecule has 1 aromatic heterocycles. The monoisotopic (exact) mass is 218 g/mol. The second-order valence-corrected chi connectivity index (χ2v) is 4.59. The van der Waals surface area contributed by atoms with Gasteiger partial charge in [-0.15, -0.1) is 0 Å². The Balaban J connectivity index is 2.29. The molecule has 0 saturated heterocycles. The van der Waals surface area contributed by atoms with Crippen LogP contribution in [0.3, 0.4) is 0 Å². The second kappa shape index (κ2) is 4.65. The van der Waals surface area contributed by atoms with Gasteiger partial charge in [0.2, 0.25) is 0 Å². The molecule has 0 amide bonds. The van der Waals surface area contributed by atoms with E-state index >= 15 is 0 Å². The van der Waals surface area contributed by atoms with E-state index in [1.54, 1.807) is 0 Å². The van der Waals surface area contributed by atoms with Crippen molar-refractivity contribution in [2.75, 3.05) is 0 Å². The Bertz CT molecular complexity index is 402. The number of aromatic nitrogens is 3. The summed E-state index contributed by atoms with van der Waals surface area (Å²) in [7, 11) is 0. The van der Waals surface area contributed by atoms with Crippen LogP contribution in [0, 0.1) is 31.1 Å². The van der Waals surface area contributed by atoms with Crippen LogP contribution in [0.15, 0.2) is 0 Å². The Morgan fingerprint density at radius 1 is 1.25 bits per heavy atom. The normalized spacial score (nSPS) is 26.1. The van der Waals surface area contributed by atoms with Crippen molar-refractivity contribution in [3.05, 3.63) is 11.6 Å². The lowest BCUT2D eigenvalue weighted by Crippen LogP contribution is -2.19. The van der Waals surface area contributed by atoms with Gasteiger partial charge in [-0.25, -0.2) is 9.67 Å². The van der Waals surface area contributed by atoms with Gasteiger partial charge in [0.05, 0.1) is 18.0 Å². The van der Waals surface area contributed by atoms with Gasteiger partial charge >= 0.3 is 0 Å². The maximum absolute atomic E-state index is 9.23. The molecule has 1 heterocycles. The van der Waals surface area contributed by atoms with Crippen molar-refractivity contribution in [2.45, 2.75) is 52.0 Å². The van der Waals surface area contributed by atoms with Crippen LogP contribution in [0.25, 0.3) is 0 Å². The molecule has 4 nitrogen and oxygen atoms in total. The maximum Gasteiger partial charge on any atom is 0.147 e. The number of nitrogens with zero attached hydrogens (tertiary/aromatic N) is 4. The van der Waals surface area contributed by atoms with E-state index in [1.165, 1.54) is 19.3 Å². The molecule has 1 saturated carbocycles. The van der Waals surface area contributed by atoms with Crippen LogP contribution in [0.1, 0.15) is 49.8 Å². The summed E-state index contributed by atoms with van der Waals surface area (Å²) in [6.45, 7) is 3.88. The highest BCUT2D eigenvalue weighted by Crippen LogP contribution is 2.32. The molecule has 0 spiro atoms. The third-order valence-electron chi connectivity index (χ3n) is 3.37. The molecule has 86 valence electrons. The van der Waals surface area contributed by atoms with Crippen LogP contribution in [-0.4, -0.2) is 14.8 Å². The molecule has 0 aromatic carbocycles. The summed E-state index contributed by atoms with van der Waals surface area (Å²) < 4.78 is 1.97. The molecule has 0 bridgehead atoms. The minimum absolute atomic E-state index is 0.0994. The van der Waals surface area contributed by atoms with Gasteiger partial charge in [-0.05, 0) is 26.7 Å². The van der Waals surface area contributed by atoms with Crippen molar-refractivity contribution in [1.82, 2.24) is 14.8 Å². The van der Waals surface area contributed by atoms with Crippen molar-refractivity contribution in [2.24, 2.45) is 5.92 Å². The molecule has 1 fully saturated rings. The minimum atomic E-state index is 0.0994. The van der Waals surface area contributed by atoms with Crippen LogP contribution in [0.4, 0.5) is 0 Å². The van der Waals surface area contributed by atoms with E-state index in [9.17, 15) is 5.26 Å². The maximum atomic E-state index is 9.23. The summed E-state index contributed by atoms with van der Waals surface area (Å²) in [6.07, 6.45) is 5.66. The van der Waals surface area contributed by atoms with Crippen molar-refractivity contribution in [1.29, 1.82) is 5.26 Å². The quantitative estimate of drug-likeness (QED) is 0.681. The summed E-state index contributed by atoms with van der Waals surface area (Å²) in [5.41, 5.74) is 0. The standard InChI is InChI=1S/C12H18N4/c1-9-14-10(2)16(15-9)12-7-5-3-4-6-11(12)8-13/h11-12H,3-7H2,1-2H3. The molecule has 4 heteroatoms. The fourth-order valence-electron chi connectivity index (χ4n) is 2.58. The van der Waals surface area contributed by atoms with E-state index in [0.29, 0.717) is 0 Å². The zero-order chi connectivity index (χ0) is 11.5. The van der Waals surface area contributed by atoms with E-state index in [4.69, 9.17) is 0 Å². The van der Waals surface area contributed by atoms with Crippen molar-refractivity contribution in [3.8, 4) is 6.07 Å². The summed E-state index contributed by atoms with van der Waals surface area (Å²) in [4.78, 5) is 4.33. The number of rotatable bonds is 1. The number of hydrogen-bond donors (Lipinski definition) is 0. The van der Waals surface area contributed by atoms with E-state index in [1.807, 2.05) is 18.5 Å². The number of aryl methyl sites for hydroxylation is 2. The Morgan fingerprint density at radius 2 is 2.00 bits per heavy atom. The van der Waals surface area contributed by atoms with Gasteiger partial charge in [0.1, 0.15) is 11.6 Å². The zero-order valence-electron chi connectivity index (χ0n) is 9.98. The highest BCUT2D eigenvalue weighted by atomic mass is 15.4. The summed E-state index contributed by atoms with van der Waals surface area (Å²) in [5.74, 6) is 1.84. The average molecular weight is 218 g/mol. The number of nitriles is 1. The molecule has 2 atom stereocenters. The fraction of sp³-hybridized carbons (Fsp3) is 0.750. The minimum Gasteiger partial charge on any atom is -0.246 e. The van der Waals surface area contributed by atoms with Gasteiger partial charge < -0.3 is 0 Å².